The molecule has 1 fully saturated rings. The lowest BCUT2D eigenvalue weighted by atomic mass is 9.98. The standard InChI is InChI=1S/C13H14F2INO2/c14-10-3-4-11(16)12(15)9(10)7-17-5-1-2-8(6-17)13(18)19/h3-4,8H,1-2,5-7H2,(H,18,19). The Bertz CT molecular complexity index is 496. The molecule has 3 nitrogen and oxygen atoms in total. The minimum atomic E-state index is -0.840. The van der Waals surface area contributed by atoms with Gasteiger partial charge < -0.3 is 5.11 Å². The Morgan fingerprint density at radius 3 is 2.89 bits per heavy atom. The molecule has 1 aliphatic heterocycles. The van der Waals surface area contributed by atoms with Crippen molar-refractivity contribution in [3.05, 3.63) is 32.9 Å². The van der Waals surface area contributed by atoms with Crippen LogP contribution in [0.3, 0.4) is 0 Å². The summed E-state index contributed by atoms with van der Waals surface area (Å²) in [5.74, 6) is -2.40. The summed E-state index contributed by atoms with van der Waals surface area (Å²) >= 11 is 1.82. The van der Waals surface area contributed by atoms with Gasteiger partial charge in [-0.1, -0.05) is 0 Å². The fraction of sp³-hybridized carbons (Fsp3) is 0.462. The zero-order valence-electron chi connectivity index (χ0n) is 10.2. The van der Waals surface area contributed by atoms with Gasteiger partial charge in [0.15, 0.2) is 0 Å². The number of piperidine rings is 1. The lowest BCUT2D eigenvalue weighted by Gasteiger charge is -2.30. The number of benzene rings is 1. The zero-order valence-corrected chi connectivity index (χ0v) is 12.4. The van der Waals surface area contributed by atoms with Crippen molar-refractivity contribution in [1.82, 2.24) is 4.90 Å². The third-order valence-electron chi connectivity index (χ3n) is 3.38. The van der Waals surface area contributed by atoms with Crippen molar-refractivity contribution in [1.29, 1.82) is 0 Å². The molecule has 19 heavy (non-hydrogen) atoms. The molecular weight excluding hydrogens is 367 g/mol. The summed E-state index contributed by atoms with van der Waals surface area (Å²) in [4.78, 5) is 12.8. The number of halogens is 3. The van der Waals surface area contributed by atoms with Crippen LogP contribution in [0.5, 0.6) is 0 Å². The Balaban J connectivity index is 2.13. The Morgan fingerprint density at radius 2 is 2.21 bits per heavy atom. The monoisotopic (exact) mass is 381 g/mol. The van der Waals surface area contributed by atoms with Crippen molar-refractivity contribution < 1.29 is 18.7 Å². The van der Waals surface area contributed by atoms with Crippen LogP contribution in [0.4, 0.5) is 8.78 Å². The number of carbonyl (C=O) groups is 1. The molecule has 0 radical (unpaired) electrons. The number of likely N-dealkylation sites (tertiary alicyclic amines) is 1. The highest BCUT2D eigenvalue weighted by Crippen LogP contribution is 2.23. The van der Waals surface area contributed by atoms with Crippen molar-refractivity contribution in [2.75, 3.05) is 13.1 Å². The van der Waals surface area contributed by atoms with Crippen LogP contribution in [-0.4, -0.2) is 29.1 Å². The molecule has 104 valence electrons. The van der Waals surface area contributed by atoms with Gasteiger partial charge >= 0.3 is 5.97 Å². The van der Waals surface area contributed by atoms with Crippen LogP contribution < -0.4 is 0 Å². The van der Waals surface area contributed by atoms with E-state index in [2.05, 4.69) is 0 Å². The number of nitrogens with zero attached hydrogens (tertiary/aromatic N) is 1. The normalized spacial score (nSPS) is 20.5. The van der Waals surface area contributed by atoms with E-state index in [1.807, 2.05) is 22.6 Å². The molecule has 1 aromatic carbocycles. The number of hydrogen-bond acceptors (Lipinski definition) is 2. The average molecular weight is 381 g/mol. The van der Waals surface area contributed by atoms with Gasteiger partial charge in [-0.15, -0.1) is 0 Å². The first-order valence-electron chi connectivity index (χ1n) is 6.06. The molecule has 0 amide bonds. The van der Waals surface area contributed by atoms with Crippen LogP contribution >= 0.6 is 22.6 Å². The van der Waals surface area contributed by atoms with Crippen molar-refractivity contribution >= 4 is 28.6 Å². The lowest BCUT2D eigenvalue weighted by molar-refractivity contribution is -0.143. The van der Waals surface area contributed by atoms with Gasteiger partial charge in [-0.2, -0.15) is 0 Å². The first-order chi connectivity index (χ1) is 8.99. The molecule has 1 N–H and O–H groups in total. The summed E-state index contributed by atoms with van der Waals surface area (Å²) < 4.78 is 27.9. The Labute approximate surface area is 123 Å². The Kier molecular flexibility index (Phi) is 4.72. The molecule has 0 spiro atoms. The summed E-state index contributed by atoms with van der Waals surface area (Å²) in [6, 6.07) is 2.64. The first kappa shape index (κ1) is 14.6. The minimum Gasteiger partial charge on any atom is -0.481 e. The third kappa shape index (κ3) is 3.42. The smallest absolute Gasteiger partial charge is 0.307 e. The van der Waals surface area contributed by atoms with E-state index >= 15 is 0 Å². The summed E-state index contributed by atoms with van der Waals surface area (Å²) in [6.45, 7) is 1.14. The number of carboxylic acid groups (broad SMARTS) is 1. The highest BCUT2D eigenvalue weighted by atomic mass is 127. The predicted octanol–water partition coefficient (Wildman–Crippen LogP) is 2.87. The zero-order chi connectivity index (χ0) is 14.0. The van der Waals surface area contributed by atoms with Crippen molar-refractivity contribution in [3.8, 4) is 0 Å². The molecule has 0 saturated carbocycles. The van der Waals surface area contributed by atoms with E-state index in [-0.39, 0.29) is 12.1 Å². The summed E-state index contributed by atoms with van der Waals surface area (Å²) in [7, 11) is 0. The van der Waals surface area contributed by atoms with Gasteiger partial charge in [0.2, 0.25) is 0 Å². The van der Waals surface area contributed by atoms with E-state index in [1.54, 1.807) is 4.90 Å². The van der Waals surface area contributed by atoms with E-state index < -0.39 is 23.5 Å². The molecule has 1 saturated heterocycles. The molecule has 1 aliphatic rings. The van der Waals surface area contributed by atoms with E-state index in [4.69, 9.17) is 5.11 Å². The fourth-order valence-corrected chi connectivity index (χ4v) is 2.84. The second-order valence-corrected chi connectivity index (χ2v) is 5.90. The molecule has 0 aromatic heterocycles. The van der Waals surface area contributed by atoms with E-state index in [0.29, 0.717) is 23.1 Å². The molecule has 1 atom stereocenters. The van der Waals surface area contributed by atoms with Gasteiger partial charge in [-0.25, -0.2) is 8.78 Å². The minimum absolute atomic E-state index is 0.0259. The summed E-state index contributed by atoms with van der Waals surface area (Å²) in [5, 5.41) is 9.00. The maximum Gasteiger partial charge on any atom is 0.307 e. The van der Waals surface area contributed by atoms with Crippen LogP contribution in [0.2, 0.25) is 0 Å². The molecule has 2 rings (SSSR count). The van der Waals surface area contributed by atoms with Gasteiger partial charge in [-0.3, -0.25) is 9.69 Å². The van der Waals surface area contributed by atoms with Crippen molar-refractivity contribution in [3.63, 3.8) is 0 Å². The number of hydrogen-bond donors (Lipinski definition) is 1. The number of aliphatic carboxylic acids is 1. The van der Waals surface area contributed by atoms with E-state index in [9.17, 15) is 13.6 Å². The maximum atomic E-state index is 13.9. The van der Waals surface area contributed by atoms with Crippen molar-refractivity contribution in [2.24, 2.45) is 5.92 Å². The molecular formula is C13H14F2INO2. The first-order valence-corrected chi connectivity index (χ1v) is 7.14. The van der Waals surface area contributed by atoms with Crippen LogP contribution in [-0.2, 0) is 11.3 Å². The third-order valence-corrected chi connectivity index (χ3v) is 4.21. The van der Waals surface area contributed by atoms with Gasteiger partial charge in [0.1, 0.15) is 11.6 Å². The number of rotatable bonds is 3. The molecule has 6 heteroatoms. The van der Waals surface area contributed by atoms with Crippen LogP contribution in [0.15, 0.2) is 12.1 Å². The Hall–Kier alpha value is -0.760. The second-order valence-electron chi connectivity index (χ2n) is 4.73. The van der Waals surface area contributed by atoms with Gasteiger partial charge in [0.05, 0.1) is 5.92 Å². The molecule has 0 aliphatic carbocycles. The van der Waals surface area contributed by atoms with E-state index in [1.165, 1.54) is 12.1 Å². The van der Waals surface area contributed by atoms with Gasteiger partial charge in [-0.05, 0) is 54.1 Å². The fourth-order valence-electron chi connectivity index (χ4n) is 2.34. The van der Waals surface area contributed by atoms with Crippen LogP contribution in [0.25, 0.3) is 0 Å². The SMILES string of the molecule is O=C(O)C1CCCN(Cc2c(F)ccc(I)c2F)C1. The van der Waals surface area contributed by atoms with Crippen LogP contribution in [0.1, 0.15) is 18.4 Å². The molecule has 1 unspecified atom stereocenters. The summed E-state index contributed by atoms with van der Waals surface area (Å²) in [5.41, 5.74) is 0.0259. The Morgan fingerprint density at radius 1 is 1.47 bits per heavy atom. The molecule has 1 heterocycles. The van der Waals surface area contributed by atoms with Gasteiger partial charge in [0, 0.05) is 22.2 Å². The highest BCUT2D eigenvalue weighted by Gasteiger charge is 2.26. The highest BCUT2D eigenvalue weighted by molar-refractivity contribution is 14.1. The van der Waals surface area contributed by atoms with Gasteiger partial charge in [0.25, 0.3) is 0 Å². The summed E-state index contributed by atoms with van der Waals surface area (Å²) in [6.07, 6.45) is 1.37. The maximum absolute atomic E-state index is 13.9. The van der Waals surface area contributed by atoms with Crippen molar-refractivity contribution in [2.45, 2.75) is 19.4 Å². The van der Waals surface area contributed by atoms with E-state index in [0.717, 1.165) is 6.42 Å². The molecule has 0 bridgehead atoms. The number of carboxylic acids is 1. The van der Waals surface area contributed by atoms with Crippen LogP contribution in [0, 0.1) is 21.1 Å². The predicted molar refractivity (Wildman–Crippen MR) is 74.7 cm³/mol. The quantitative estimate of drug-likeness (QED) is 0.647. The average Bonchev–Trinajstić information content (AvgIpc) is 2.39. The topological polar surface area (TPSA) is 40.5 Å². The second kappa shape index (κ2) is 6.13. The lowest BCUT2D eigenvalue weighted by Crippen LogP contribution is -2.38. The molecule has 1 aromatic rings. The largest absolute Gasteiger partial charge is 0.481 e.